The number of aliphatic hydroxyl groups excluding tert-OH is 1. The summed E-state index contributed by atoms with van der Waals surface area (Å²) in [5.41, 5.74) is 0.539. The lowest BCUT2D eigenvalue weighted by Crippen LogP contribution is -2.04. The zero-order valence-corrected chi connectivity index (χ0v) is 8.85. The second-order valence-electron chi connectivity index (χ2n) is 2.92. The van der Waals surface area contributed by atoms with Crippen LogP contribution in [0.15, 0.2) is 12.1 Å². The van der Waals surface area contributed by atoms with Crippen molar-refractivity contribution in [1.29, 1.82) is 0 Å². The van der Waals surface area contributed by atoms with E-state index in [4.69, 9.17) is 14.6 Å². The van der Waals surface area contributed by atoms with Crippen LogP contribution in [-0.2, 0) is 11.3 Å². The molecule has 0 saturated carbocycles. The molecule has 0 aliphatic heterocycles. The molecule has 1 rings (SSSR count). The lowest BCUT2D eigenvalue weighted by Gasteiger charge is -2.04. The van der Waals surface area contributed by atoms with Crippen LogP contribution in [0.25, 0.3) is 0 Å². The number of aromatic nitrogens is 2. The molecule has 5 nitrogen and oxygen atoms in total. The van der Waals surface area contributed by atoms with E-state index < -0.39 is 0 Å². The smallest absolute Gasteiger partial charge is 0.233 e. The molecule has 1 aromatic rings. The fraction of sp³-hybridized carbons (Fsp3) is 0.600. The molecule has 84 valence electrons. The standard InChI is InChI=1S/C10H16N2O3/c1-2-14-6-3-7-15-10-5-4-9(8-13)11-12-10/h4-5,13H,2-3,6-8H2,1H3. The molecule has 1 aromatic heterocycles. The van der Waals surface area contributed by atoms with Gasteiger partial charge in [0.25, 0.3) is 0 Å². The van der Waals surface area contributed by atoms with Crippen molar-refractivity contribution in [3.63, 3.8) is 0 Å². The highest BCUT2D eigenvalue weighted by molar-refractivity contribution is 5.10. The van der Waals surface area contributed by atoms with E-state index >= 15 is 0 Å². The Kier molecular flexibility index (Phi) is 5.65. The number of hydrogen-bond donors (Lipinski definition) is 1. The topological polar surface area (TPSA) is 64.5 Å². The molecule has 0 aliphatic rings. The van der Waals surface area contributed by atoms with E-state index in [9.17, 15) is 0 Å². The van der Waals surface area contributed by atoms with Gasteiger partial charge in [-0.2, -0.15) is 0 Å². The van der Waals surface area contributed by atoms with Gasteiger partial charge in [-0.05, 0) is 13.0 Å². The molecule has 0 aliphatic carbocycles. The minimum absolute atomic E-state index is 0.0996. The van der Waals surface area contributed by atoms with Gasteiger partial charge in [0.05, 0.1) is 18.9 Å². The quantitative estimate of drug-likeness (QED) is 0.676. The molecule has 0 fully saturated rings. The van der Waals surface area contributed by atoms with Gasteiger partial charge in [-0.25, -0.2) is 0 Å². The summed E-state index contributed by atoms with van der Waals surface area (Å²) in [5, 5.41) is 16.3. The largest absolute Gasteiger partial charge is 0.477 e. The maximum absolute atomic E-state index is 8.74. The highest BCUT2D eigenvalue weighted by atomic mass is 16.5. The van der Waals surface area contributed by atoms with Crippen molar-refractivity contribution in [2.75, 3.05) is 19.8 Å². The van der Waals surface area contributed by atoms with E-state index in [0.29, 0.717) is 24.8 Å². The van der Waals surface area contributed by atoms with Crippen LogP contribution in [0.3, 0.4) is 0 Å². The third-order valence-corrected chi connectivity index (χ3v) is 1.74. The van der Waals surface area contributed by atoms with Gasteiger partial charge < -0.3 is 14.6 Å². The molecule has 15 heavy (non-hydrogen) atoms. The Labute approximate surface area is 89.1 Å². The van der Waals surface area contributed by atoms with Gasteiger partial charge in [-0.15, -0.1) is 10.2 Å². The van der Waals surface area contributed by atoms with E-state index in [1.165, 1.54) is 0 Å². The van der Waals surface area contributed by atoms with E-state index in [1.807, 2.05) is 6.92 Å². The van der Waals surface area contributed by atoms with Crippen LogP contribution in [0, 0.1) is 0 Å². The minimum Gasteiger partial charge on any atom is -0.477 e. The highest BCUT2D eigenvalue weighted by Gasteiger charge is 1.97. The SMILES string of the molecule is CCOCCCOc1ccc(CO)nn1. The number of hydrogen-bond acceptors (Lipinski definition) is 5. The second kappa shape index (κ2) is 7.14. The summed E-state index contributed by atoms with van der Waals surface area (Å²) in [5.74, 6) is 0.476. The summed E-state index contributed by atoms with van der Waals surface area (Å²) in [6.07, 6.45) is 0.831. The highest BCUT2D eigenvalue weighted by Crippen LogP contribution is 2.04. The molecule has 5 heteroatoms. The van der Waals surface area contributed by atoms with Crippen LogP contribution in [0.2, 0.25) is 0 Å². The first-order valence-corrected chi connectivity index (χ1v) is 5.00. The van der Waals surface area contributed by atoms with Crippen LogP contribution < -0.4 is 4.74 Å². The number of rotatable bonds is 7. The van der Waals surface area contributed by atoms with E-state index in [2.05, 4.69) is 10.2 Å². The minimum atomic E-state index is -0.0996. The molecule has 0 saturated heterocycles. The molecule has 1 heterocycles. The Morgan fingerprint density at radius 1 is 1.27 bits per heavy atom. The molecule has 0 radical (unpaired) electrons. The van der Waals surface area contributed by atoms with Crippen molar-refractivity contribution in [3.8, 4) is 5.88 Å². The number of aliphatic hydroxyl groups is 1. The first kappa shape index (κ1) is 11.9. The van der Waals surface area contributed by atoms with Gasteiger partial charge in [0, 0.05) is 25.7 Å². The van der Waals surface area contributed by atoms with Crippen molar-refractivity contribution in [1.82, 2.24) is 10.2 Å². The van der Waals surface area contributed by atoms with Crippen molar-refractivity contribution < 1.29 is 14.6 Å². The Hall–Kier alpha value is -1.20. The van der Waals surface area contributed by atoms with Crippen molar-refractivity contribution in [2.24, 2.45) is 0 Å². The fourth-order valence-electron chi connectivity index (χ4n) is 0.991. The van der Waals surface area contributed by atoms with Gasteiger partial charge in [-0.1, -0.05) is 0 Å². The van der Waals surface area contributed by atoms with E-state index in [1.54, 1.807) is 12.1 Å². The zero-order chi connectivity index (χ0) is 10.9. The summed E-state index contributed by atoms with van der Waals surface area (Å²) in [7, 11) is 0. The summed E-state index contributed by atoms with van der Waals surface area (Å²) < 4.78 is 10.5. The van der Waals surface area contributed by atoms with Crippen molar-refractivity contribution in [3.05, 3.63) is 17.8 Å². The Morgan fingerprint density at radius 2 is 2.13 bits per heavy atom. The summed E-state index contributed by atoms with van der Waals surface area (Å²) >= 11 is 0. The van der Waals surface area contributed by atoms with Gasteiger partial charge in [-0.3, -0.25) is 0 Å². The molecule has 1 N–H and O–H groups in total. The maximum Gasteiger partial charge on any atom is 0.233 e. The summed E-state index contributed by atoms with van der Waals surface area (Å²) in [4.78, 5) is 0. The summed E-state index contributed by atoms with van der Waals surface area (Å²) in [6.45, 7) is 3.84. The third-order valence-electron chi connectivity index (χ3n) is 1.74. The molecule has 0 spiro atoms. The van der Waals surface area contributed by atoms with Crippen LogP contribution in [0.1, 0.15) is 19.0 Å². The van der Waals surface area contributed by atoms with Crippen LogP contribution >= 0.6 is 0 Å². The molecule has 0 atom stereocenters. The van der Waals surface area contributed by atoms with Gasteiger partial charge in [0.1, 0.15) is 0 Å². The van der Waals surface area contributed by atoms with E-state index in [0.717, 1.165) is 13.0 Å². The first-order chi connectivity index (χ1) is 7.36. The average Bonchev–Trinajstić information content (AvgIpc) is 2.30. The number of ether oxygens (including phenoxy) is 2. The molecular weight excluding hydrogens is 196 g/mol. The van der Waals surface area contributed by atoms with Gasteiger partial charge in [0.2, 0.25) is 5.88 Å². The van der Waals surface area contributed by atoms with Crippen LogP contribution in [-0.4, -0.2) is 35.1 Å². The van der Waals surface area contributed by atoms with Gasteiger partial charge >= 0.3 is 0 Å². The first-order valence-electron chi connectivity index (χ1n) is 5.00. The lowest BCUT2D eigenvalue weighted by atomic mass is 10.4. The zero-order valence-electron chi connectivity index (χ0n) is 8.85. The van der Waals surface area contributed by atoms with E-state index in [-0.39, 0.29) is 6.61 Å². The van der Waals surface area contributed by atoms with Crippen LogP contribution in [0.4, 0.5) is 0 Å². The fourth-order valence-corrected chi connectivity index (χ4v) is 0.991. The second-order valence-corrected chi connectivity index (χ2v) is 2.92. The maximum atomic E-state index is 8.74. The lowest BCUT2D eigenvalue weighted by molar-refractivity contribution is 0.129. The molecule has 0 aromatic carbocycles. The number of nitrogens with zero attached hydrogens (tertiary/aromatic N) is 2. The molecular formula is C10H16N2O3. The molecule has 0 unspecified atom stereocenters. The molecule has 0 amide bonds. The summed E-state index contributed by atoms with van der Waals surface area (Å²) in [6, 6.07) is 3.38. The Morgan fingerprint density at radius 3 is 2.73 bits per heavy atom. The van der Waals surface area contributed by atoms with Crippen molar-refractivity contribution in [2.45, 2.75) is 20.0 Å². The van der Waals surface area contributed by atoms with Crippen LogP contribution in [0.5, 0.6) is 5.88 Å². The third kappa shape index (κ3) is 4.71. The Bertz CT molecular complexity index is 264. The Balaban J connectivity index is 2.20. The van der Waals surface area contributed by atoms with Crippen molar-refractivity contribution >= 4 is 0 Å². The predicted molar refractivity (Wildman–Crippen MR) is 54.6 cm³/mol. The average molecular weight is 212 g/mol. The molecule has 0 bridgehead atoms. The monoisotopic (exact) mass is 212 g/mol. The van der Waals surface area contributed by atoms with Gasteiger partial charge in [0.15, 0.2) is 0 Å². The normalized spacial score (nSPS) is 10.3. The predicted octanol–water partition coefficient (Wildman–Crippen LogP) is 0.774.